The molecule has 0 saturated heterocycles. The van der Waals surface area contributed by atoms with E-state index in [0.717, 1.165) is 30.9 Å². The van der Waals surface area contributed by atoms with Crippen molar-refractivity contribution < 1.29 is 33.6 Å². The van der Waals surface area contributed by atoms with Gasteiger partial charge in [0.05, 0.1) is 14.2 Å². The first kappa shape index (κ1) is 23.7. The second kappa shape index (κ2) is 9.29. The van der Waals surface area contributed by atoms with Crippen LogP contribution in [-0.4, -0.2) is 31.1 Å². The lowest BCUT2D eigenvalue weighted by molar-refractivity contribution is 0.329. The van der Waals surface area contributed by atoms with Crippen LogP contribution in [0.3, 0.4) is 0 Å². The lowest BCUT2D eigenvalue weighted by atomic mass is 9.71. The quantitative estimate of drug-likeness (QED) is 0.430. The predicted octanol–water partition coefficient (Wildman–Crippen LogP) is 3.58. The van der Waals surface area contributed by atoms with Crippen molar-refractivity contribution in [1.82, 2.24) is 0 Å². The molecule has 10 heteroatoms. The van der Waals surface area contributed by atoms with Crippen molar-refractivity contribution in [3.63, 3.8) is 0 Å². The second-order valence-electron chi connectivity index (χ2n) is 6.86. The number of hydrogen-bond donors (Lipinski definition) is 0. The maximum atomic E-state index is 11.5. The van der Waals surface area contributed by atoms with Crippen LogP contribution in [-0.2, 0) is 34.6 Å². The molecule has 32 heavy (non-hydrogen) atoms. The molecule has 0 aromatic heterocycles. The van der Waals surface area contributed by atoms with E-state index in [9.17, 15) is 16.8 Å². The van der Waals surface area contributed by atoms with Crippen LogP contribution in [0, 0.1) is 0 Å². The highest BCUT2D eigenvalue weighted by atomic mass is 32.3. The largest absolute Gasteiger partial charge is 0.448 e. The fourth-order valence-corrected chi connectivity index (χ4v) is 4.09. The molecule has 0 amide bonds. The van der Waals surface area contributed by atoms with E-state index in [1.807, 2.05) is 37.3 Å². The van der Waals surface area contributed by atoms with Crippen LogP contribution in [0.25, 0.3) is 0 Å². The van der Waals surface area contributed by atoms with Gasteiger partial charge in [-0.05, 0) is 47.9 Å². The van der Waals surface area contributed by atoms with Crippen LogP contribution >= 0.6 is 0 Å². The molecule has 0 heterocycles. The molecular weight excluding hydrogens is 456 g/mol. The molecule has 3 aromatic rings. The van der Waals surface area contributed by atoms with Crippen LogP contribution in [0.2, 0.25) is 0 Å². The van der Waals surface area contributed by atoms with Gasteiger partial charge in [0.15, 0.2) is 0 Å². The van der Waals surface area contributed by atoms with Gasteiger partial charge < -0.3 is 8.37 Å². The molecule has 0 spiro atoms. The molecule has 0 fully saturated rings. The van der Waals surface area contributed by atoms with Crippen molar-refractivity contribution in [3.05, 3.63) is 95.6 Å². The molecule has 3 aromatic carbocycles. The van der Waals surface area contributed by atoms with Gasteiger partial charge in [-0.15, -0.1) is 0 Å². The van der Waals surface area contributed by atoms with Crippen molar-refractivity contribution in [1.29, 1.82) is 0 Å². The van der Waals surface area contributed by atoms with E-state index in [1.165, 1.54) is 24.3 Å². The van der Waals surface area contributed by atoms with E-state index < -0.39 is 26.2 Å². The van der Waals surface area contributed by atoms with Gasteiger partial charge in [-0.1, -0.05) is 54.6 Å². The third kappa shape index (κ3) is 5.28. The summed E-state index contributed by atoms with van der Waals surface area (Å²) >= 11 is 0. The first-order valence-electron chi connectivity index (χ1n) is 9.36. The second-order valence-corrected chi connectivity index (χ2v) is 9.49. The van der Waals surface area contributed by atoms with Gasteiger partial charge in [0.2, 0.25) is 0 Å². The summed E-state index contributed by atoms with van der Waals surface area (Å²) in [7, 11) is -6.21. The maximum absolute atomic E-state index is 11.5. The maximum Gasteiger partial charge on any atom is 0.448 e. The van der Waals surface area contributed by atoms with Crippen molar-refractivity contribution in [2.45, 2.75) is 12.3 Å². The fraction of sp³-hybridized carbons (Fsp3) is 0.182. The Morgan fingerprint density at radius 1 is 0.562 bits per heavy atom. The van der Waals surface area contributed by atoms with E-state index in [1.54, 1.807) is 24.3 Å². The summed E-state index contributed by atoms with van der Waals surface area (Å²) in [5.74, 6) is 0.221. The Kier molecular flexibility index (Phi) is 6.89. The molecule has 0 aliphatic rings. The van der Waals surface area contributed by atoms with Gasteiger partial charge in [0, 0.05) is 5.41 Å². The minimum Gasteiger partial charge on any atom is -0.362 e. The molecule has 0 unspecified atom stereocenters. The van der Waals surface area contributed by atoms with Gasteiger partial charge >= 0.3 is 20.8 Å². The molecule has 0 aliphatic carbocycles. The zero-order valence-corrected chi connectivity index (χ0v) is 19.2. The third-order valence-corrected chi connectivity index (χ3v) is 6.63. The van der Waals surface area contributed by atoms with Gasteiger partial charge in [-0.2, -0.15) is 16.8 Å². The van der Waals surface area contributed by atoms with E-state index in [4.69, 9.17) is 8.37 Å². The lowest BCUT2D eigenvalue weighted by Crippen LogP contribution is -2.25. The number of rotatable bonds is 9. The summed E-state index contributed by atoms with van der Waals surface area (Å²) in [6.45, 7) is 2.01. The van der Waals surface area contributed by atoms with Crippen LogP contribution in [0.4, 0.5) is 0 Å². The Hall–Kier alpha value is -2.92. The Morgan fingerprint density at radius 2 is 0.906 bits per heavy atom. The average molecular weight is 479 g/mol. The Bertz CT molecular complexity index is 1170. The first-order valence-corrected chi connectivity index (χ1v) is 12.0. The van der Waals surface area contributed by atoms with Crippen LogP contribution in [0.15, 0.2) is 78.9 Å². The smallest absolute Gasteiger partial charge is 0.362 e. The van der Waals surface area contributed by atoms with Crippen LogP contribution in [0.5, 0.6) is 11.5 Å². The van der Waals surface area contributed by atoms with Crippen molar-refractivity contribution in [3.8, 4) is 11.5 Å². The highest BCUT2D eigenvalue weighted by Crippen LogP contribution is 2.40. The summed E-state index contributed by atoms with van der Waals surface area (Å²) in [5.41, 5.74) is 2.02. The standard InChI is InChI=1S/C22H22O8S2/c1-22(17-7-5-4-6-8-17,18-9-13-20(14-10-18)29-31(23,24)27-2)19-11-15-21(16-12-19)30-32(25,26)28-3/h4-16H,1-3H3. The number of benzene rings is 3. The highest BCUT2D eigenvalue weighted by Gasteiger charge is 2.31. The third-order valence-electron chi connectivity index (χ3n) is 5.02. The predicted molar refractivity (Wildman–Crippen MR) is 118 cm³/mol. The Labute approximate surface area is 188 Å². The van der Waals surface area contributed by atoms with Crippen molar-refractivity contribution >= 4 is 20.8 Å². The molecule has 0 atom stereocenters. The summed E-state index contributed by atoms with van der Waals surface area (Å²) in [4.78, 5) is 0. The monoisotopic (exact) mass is 478 g/mol. The summed E-state index contributed by atoms with van der Waals surface area (Å²) < 4.78 is 64.5. The zero-order valence-electron chi connectivity index (χ0n) is 17.6. The molecule has 8 nitrogen and oxygen atoms in total. The Balaban J connectivity index is 2.03. The fourth-order valence-electron chi connectivity index (χ4n) is 3.26. The average Bonchev–Trinajstić information content (AvgIpc) is 2.79. The summed E-state index contributed by atoms with van der Waals surface area (Å²) in [6, 6.07) is 22.9. The number of hydrogen-bond acceptors (Lipinski definition) is 8. The van der Waals surface area contributed by atoms with E-state index in [-0.39, 0.29) is 11.5 Å². The topological polar surface area (TPSA) is 105 Å². The SMILES string of the molecule is COS(=O)(=O)Oc1ccc(C(C)(c2ccccc2)c2ccc(OS(=O)(=O)OC)cc2)cc1. The van der Waals surface area contributed by atoms with E-state index in [0.29, 0.717) is 0 Å². The van der Waals surface area contributed by atoms with Gasteiger partial charge in [0.1, 0.15) is 11.5 Å². The minimum atomic E-state index is -4.12. The lowest BCUT2D eigenvalue weighted by Gasteiger charge is -2.32. The summed E-state index contributed by atoms with van der Waals surface area (Å²) in [5, 5.41) is 0. The van der Waals surface area contributed by atoms with Crippen molar-refractivity contribution in [2.24, 2.45) is 0 Å². The molecule has 0 bridgehead atoms. The highest BCUT2D eigenvalue weighted by molar-refractivity contribution is 7.82. The van der Waals surface area contributed by atoms with E-state index in [2.05, 4.69) is 8.37 Å². The van der Waals surface area contributed by atoms with Crippen molar-refractivity contribution in [2.75, 3.05) is 14.2 Å². The molecule has 0 radical (unpaired) electrons. The molecule has 0 saturated carbocycles. The first-order chi connectivity index (χ1) is 15.1. The van der Waals surface area contributed by atoms with E-state index >= 15 is 0 Å². The molecule has 170 valence electrons. The van der Waals surface area contributed by atoms with Gasteiger partial charge in [-0.25, -0.2) is 8.37 Å². The van der Waals surface area contributed by atoms with Crippen LogP contribution < -0.4 is 8.37 Å². The normalized spacial score (nSPS) is 12.3. The molecule has 0 aliphatic heterocycles. The zero-order chi connectivity index (χ0) is 23.4. The minimum absolute atomic E-state index is 0.111. The van der Waals surface area contributed by atoms with Gasteiger partial charge in [0.25, 0.3) is 0 Å². The molecular formula is C22H22O8S2. The van der Waals surface area contributed by atoms with Crippen LogP contribution in [0.1, 0.15) is 23.6 Å². The van der Waals surface area contributed by atoms with Gasteiger partial charge in [-0.3, -0.25) is 0 Å². The molecule has 3 rings (SSSR count). The molecule has 0 N–H and O–H groups in total. The summed E-state index contributed by atoms with van der Waals surface area (Å²) in [6.07, 6.45) is 0. The Morgan fingerprint density at radius 3 is 1.25 bits per heavy atom.